The fraction of sp³-hybridized carbons (Fsp3) is 0.265. The highest BCUT2D eigenvalue weighted by Crippen LogP contribution is 2.35. The van der Waals surface area contributed by atoms with E-state index in [0.717, 1.165) is 75.4 Å². The number of unbranched alkanes of at least 4 members (excludes halogenated alkanes) is 1. The zero-order valence-corrected chi connectivity index (χ0v) is 25.3. The summed E-state index contributed by atoms with van der Waals surface area (Å²) in [4.78, 5) is 10.3. The van der Waals surface area contributed by atoms with Gasteiger partial charge in [-0.2, -0.15) is 0 Å². The number of methoxy groups -OCH3 is 3. The number of nitrogens with one attached hydrogen (secondary N) is 1. The highest BCUT2D eigenvalue weighted by Gasteiger charge is 2.23. The lowest BCUT2D eigenvalue weighted by Gasteiger charge is -2.18. The Bertz CT molecular complexity index is 1830. The van der Waals surface area contributed by atoms with Gasteiger partial charge in [0.1, 0.15) is 22.8 Å². The molecular formula is C34H35N7O3. The van der Waals surface area contributed by atoms with Crippen LogP contribution < -0.4 is 4.74 Å². The molecule has 3 heterocycles. The van der Waals surface area contributed by atoms with Crippen molar-refractivity contribution in [1.29, 1.82) is 0 Å². The van der Waals surface area contributed by atoms with E-state index in [0.29, 0.717) is 18.1 Å². The van der Waals surface area contributed by atoms with Crippen molar-refractivity contribution < 1.29 is 14.2 Å². The molecule has 0 saturated carbocycles. The molecule has 6 rings (SSSR count). The van der Waals surface area contributed by atoms with Gasteiger partial charge in [-0.3, -0.25) is 0 Å². The molecule has 0 saturated heterocycles. The molecule has 0 aliphatic carbocycles. The Morgan fingerprint density at radius 1 is 0.818 bits per heavy atom. The number of aromatic nitrogens is 7. The Morgan fingerprint density at radius 3 is 2.27 bits per heavy atom. The summed E-state index contributed by atoms with van der Waals surface area (Å²) in [5.74, 6) is 2.37. The van der Waals surface area contributed by atoms with E-state index in [2.05, 4.69) is 68.5 Å². The minimum atomic E-state index is -0.658. The molecular weight excluding hydrogens is 554 g/mol. The van der Waals surface area contributed by atoms with E-state index in [1.165, 1.54) is 0 Å². The highest BCUT2D eigenvalue weighted by molar-refractivity contribution is 5.82. The normalized spacial score (nSPS) is 11.5. The van der Waals surface area contributed by atoms with Gasteiger partial charge in [-0.25, -0.2) is 15.1 Å². The van der Waals surface area contributed by atoms with E-state index in [4.69, 9.17) is 24.2 Å². The molecule has 224 valence electrons. The number of aromatic amines is 1. The van der Waals surface area contributed by atoms with E-state index in [-0.39, 0.29) is 0 Å². The van der Waals surface area contributed by atoms with Crippen molar-refractivity contribution in [3.63, 3.8) is 0 Å². The monoisotopic (exact) mass is 589 g/mol. The summed E-state index contributed by atoms with van der Waals surface area (Å²) in [6.45, 7) is 2.76. The molecule has 0 fully saturated rings. The van der Waals surface area contributed by atoms with Crippen molar-refractivity contribution in [2.45, 2.75) is 39.0 Å². The quantitative estimate of drug-likeness (QED) is 0.158. The summed E-state index contributed by atoms with van der Waals surface area (Å²) in [5, 5.41) is 14.8. The van der Waals surface area contributed by atoms with Crippen molar-refractivity contribution in [3.8, 4) is 39.4 Å². The minimum Gasteiger partial charge on any atom is -0.497 e. The van der Waals surface area contributed by atoms with Gasteiger partial charge < -0.3 is 18.8 Å². The van der Waals surface area contributed by atoms with Gasteiger partial charge in [0.05, 0.1) is 13.7 Å². The predicted molar refractivity (Wildman–Crippen MR) is 169 cm³/mol. The molecule has 3 aromatic heterocycles. The molecule has 0 atom stereocenters. The van der Waals surface area contributed by atoms with Crippen LogP contribution in [0.3, 0.4) is 0 Å². The van der Waals surface area contributed by atoms with Gasteiger partial charge in [-0.05, 0) is 63.4 Å². The van der Waals surface area contributed by atoms with Gasteiger partial charge in [0.2, 0.25) is 6.29 Å². The van der Waals surface area contributed by atoms with Gasteiger partial charge >= 0.3 is 0 Å². The van der Waals surface area contributed by atoms with Crippen LogP contribution in [-0.2, 0) is 22.4 Å². The third-order valence-electron chi connectivity index (χ3n) is 7.75. The summed E-state index contributed by atoms with van der Waals surface area (Å²) in [6, 6.07) is 26.6. The number of hydrogen-bond donors (Lipinski definition) is 1. The summed E-state index contributed by atoms with van der Waals surface area (Å²) >= 11 is 0. The van der Waals surface area contributed by atoms with E-state index in [1.807, 2.05) is 42.5 Å². The van der Waals surface area contributed by atoms with E-state index in [9.17, 15) is 0 Å². The molecule has 0 unspecified atom stereocenters. The number of imidazole rings is 1. The molecule has 0 aliphatic rings. The van der Waals surface area contributed by atoms with Crippen molar-refractivity contribution in [2.24, 2.45) is 0 Å². The fourth-order valence-electron chi connectivity index (χ4n) is 5.51. The highest BCUT2D eigenvalue weighted by atomic mass is 16.7. The van der Waals surface area contributed by atoms with Crippen LogP contribution in [0.4, 0.5) is 0 Å². The average Bonchev–Trinajstić information content (AvgIpc) is 3.73. The van der Waals surface area contributed by atoms with Gasteiger partial charge in [0.25, 0.3) is 0 Å². The summed E-state index contributed by atoms with van der Waals surface area (Å²) in [7, 11) is 4.90. The standard InChI is InChI=1S/C34H35N7O3/c1-5-6-12-30-35-29-20-27(24-14-16-25(42-2)17-15-24)31(34(43-3)44-4)36-33(29)41(30)21-22-13-18-26(23-10-8-7-9-11-23)28(19-22)32-37-39-40-38-32/h7-11,13-20,34H,5-6,12,21H2,1-4H3,(H,37,38,39,40). The van der Waals surface area contributed by atoms with Crippen LogP contribution in [0.2, 0.25) is 0 Å². The largest absolute Gasteiger partial charge is 0.497 e. The first-order valence-electron chi connectivity index (χ1n) is 14.7. The topological polar surface area (TPSA) is 113 Å². The van der Waals surface area contributed by atoms with Crippen molar-refractivity contribution in [3.05, 3.63) is 95.9 Å². The lowest BCUT2D eigenvalue weighted by molar-refractivity contribution is -0.108. The maximum atomic E-state index is 5.72. The molecule has 10 nitrogen and oxygen atoms in total. The maximum Gasteiger partial charge on any atom is 0.201 e. The maximum absolute atomic E-state index is 5.72. The Labute approximate surface area is 256 Å². The van der Waals surface area contributed by atoms with E-state index < -0.39 is 6.29 Å². The number of aryl methyl sites for hydroxylation is 1. The summed E-state index contributed by atoms with van der Waals surface area (Å²) in [6.07, 6.45) is 2.25. The smallest absolute Gasteiger partial charge is 0.201 e. The Kier molecular flexibility index (Phi) is 8.71. The second kappa shape index (κ2) is 13.2. The molecule has 6 aromatic rings. The van der Waals surface area contributed by atoms with Gasteiger partial charge in [-0.15, -0.1) is 5.10 Å². The van der Waals surface area contributed by atoms with Crippen molar-refractivity contribution in [1.82, 2.24) is 35.2 Å². The van der Waals surface area contributed by atoms with E-state index >= 15 is 0 Å². The fourth-order valence-corrected chi connectivity index (χ4v) is 5.51. The molecule has 0 bridgehead atoms. The zero-order valence-electron chi connectivity index (χ0n) is 25.3. The average molecular weight is 590 g/mol. The van der Waals surface area contributed by atoms with Gasteiger partial charge in [0, 0.05) is 31.8 Å². The second-order valence-electron chi connectivity index (χ2n) is 10.5. The lowest BCUT2D eigenvalue weighted by Crippen LogP contribution is -2.11. The number of benzene rings is 3. The predicted octanol–water partition coefficient (Wildman–Crippen LogP) is 6.64. The van der Waals surface area contributed by atoms with Crippen LogP contribution in [0.5, 0.6) is 5.75 Å². The molecule has 3 aromatic carbocycles. The first-order valence-corrected chi connectivity index (χ1v) is 14.7. The van der Waals surface area contributed by atoms with E-state index in [1.54, 1.807) is 21.3 Å². The number of pyridine rings is 1. The summed E-state index contributed by atoms with van der Waals surface area (Å²) in [5.41, 5.74) is 8.28. The number of fused-ring (bicyclic) bond motifs is 1. The van der Waals surface area contributed by atoms with Crippen LogP contribution >= 0.6 is 0 Å². The Morgan fingerprint density at radius 2 is 1.59 bits per heavy atom. The Balaban J connectivity index is 1.49. The van der Waals surface area contributed by atoms with Crippen LogP contribution in [0, 0.1) is 0 Å². The number of tetrazole rings is 1. The molecule has 0 aliphatic heterocycles. The molecule has 0 amide bonds. The third kappa shape index (κ3) is 5.82. The number of rotatable bonds is 12. The number of ether oxygens (including phenoxy) is 3. The SMILES string of the molecule is CCCCc1nc2cc(-c3ccc(OC)cc3)c(C(OC)OC)nc2n1Cc1ccc(-c2ccccc2)c(-c2nnn[nH]2)c1. The molecule has 10 heteroatoms. The second-order valence-corrected chi connectivity index (χ2v) is 10.5. The first kappa shape index (κ1) is 29.2. The van der Waals surface area contributed by atoms with Crippen molar-refractivity contribution >= 4 is 11.2 Å². The van der Waals surface area contributed by atoms with Crippen LogP contribution in [0.15, 0.2) is 78.9 Å². The minimum absolute atomic E-state index is 0.568. The lowest BCUT2D eigenvalue weighted by atomic mass is 9.97. The third-order valence-corrected chi connectivity index (χ3v) is 7.75. The number of H-pyrrole nitrogens is 1. The van der Waals surface area contributed by atoms with Crippen LogP contribution in [-0.4, -0.2) is 56.5 Å². The molecule has 0 radical (unpaired) electrons. The number of hydrogen-bond acceptors (Lipinski definition) is 8. The van der Waals surface area contributed by atoms with Crippen LogP contribution in [0.25, 0.3) is 44.8 Å². The van der Waals surface area contributed by atoms with Crippen LogP contribution in [0.1, 0.15) is 43.1 Å². The molecule has 44 heavy (non-hydrogen) atoms. The van der Waals surface area contributed by atoms with Gasteiger partial charge in [-0.1, -0.05) is 67.9 Å². The van der Waals surface area contributed by atoms with Gasteiger partial charge in [0.15, 0.2) is 11.5 Å². The number of nitrogens with zero attached hydrogens (tertiary/aromatic N) is 6. The Hall–Kier alpha value is -4.93. The molecule has 0 spiro atoms. The van der Waals surface area contributed by atoms with Crippen molar-refractivity contribution in [2.75, 3.05) is 21.3 Å². The first-order chi connectivity index (χ1) is 21.6. The zero-order chi connectivity index (χ0) is 30.5. The summed E-state index contributed by atoms with van der Waals surface area (Å²) < 4.78 is 19.0. The molecule has 1 N–H and O–H groups in total.